The lowest BCUT2D eigenvalue weighted by atomic mass is 9.83. The number of sulfone groups is 1. The average Bonchev–Trinajstić information content (AvgIpc) is 3.10. The van der Waals surface area contributed by atoms with E-state index in [1.54, 1.807) is 26.8 Å². The zero-order valence-corrected chi connectivity index (χ0v) is 17.5. The van der Waals surface area contributed by atoms with Gasteiger partial charge in [0.1, 0.15) is 16.3 Å². The molecule has 1 aromatic rings. The molecule has 0 radical (unpaired) electrons. The molecule has 1 aromatic heterocycles. The smallest absolute Gasteiger partial charge is 0.165 e. The highest BCUT2D eigenvalue weighted by molar-refractivity contribution is 7.94. The Morgan fingerprint density at radius 2 is 1.74 bits per heavy atom. The Labute approximate surface area is 160 Å². The number of hydrogen-bond acceptors (Lipinski definition) is 7. The number of Topliss-reactive ketones (excluding diaryl/α,β-unsaturated/α-hetero) is 2. The predicted molar refractivity (Wildman–Crippen MR) is 100 cm³/mol. The third-order valence-electron chi connectivity index (χ3n) is 5.54. The van der Waals surface area contributed by atoms with Gasteiger partial charge in [-0.2, -0.15) is 0 Å². The van der Waals surface area contributed by atoms with Gasteiger partial charge in [-0.15, -0.1) is 0 Å². The fourth-order valence-corrected chi connectivity index (χ4v) is 5.24. The van der Waals surface area contributed by atoms with Gasteiger partial charge in [-0.1, -0.05) is 12.1 Å². The second kappa shape index (κ2) is 7.83. The molecule has 2 heterocycles. The molecule has 0 bridgehead atoms. The van der Waals surface area contributed by atoms with E-state index < -0.39 is 31.0 Å². The van der Waals surface area contributed by atoms with E-state index >= 15 is 0 Å². The molecule has 7 nitrogen and oxygen atoms in total. The summed E-state index contributed by atoms with van der Waals surface area (Å²) in [5, 5.41) is 3.36. The molecule has 0 aromatic carbocycles. The van der Waals surface area contributed by atoms with E-state index in [4.69, 9.17) is 9.26 Å². The number of aromatic nitrogens is 1. The third kappa shape index (κ3) is 4.16. The molecule has 0 saturated carbocycles. The molecular formula is C19H29NO6S. The van der Waals surface area contributed by atoms with Crippen LogP contribution in [0.3, 0.4) is 0 Å². The molecule has 8 heteroatoms. The first-order valence-electron chi connectivity index (χ1n) is 9.28. The van der Waals surface area contributed by atoms with Crippen LogP contribution in [0.15, 0.2) is 10.6 Å². The van der Waals surface area contributed by atoms with Crippen LogP contribution in [-0.4, -0.2) is 48.4 Å². The maximum absolute atomic E-state index is 13.0. The van der Waals surface area contributed by atoms with E-state index in [0.29, 0.717) is 38.2 Å². The number of rotatable bonds is 8. The van der Waals surface area contributed by atoms with E-state index in [1.165, 1.54) is 13.8 Å². The minimum absolute atomic E-state index is 0.0103. The molecule has 0 aliphatic carbocycles. The summed E-state index contributed by atoms with van der Waals surface area (Å²) in [6, 6.07) is 1.57. The van der Waals surface area contributed by atoms with Crippen molar-refractivity contribution in [2.24, 2.45) is 0 Å². The SMILES string of the molecule is CCC(=O)C(C)(C)c1cc(CC(=O)C(C)(C)S(=O)(=O)C2CCOCC2)on1. The molecule has 1 saturated heterocycles. The van der Waals surface area contributed by atoms with Gasteiger partial charge < -0.3 is 9.26 Å². The number of hydrogen-bond donors (Lipinski definition) is 0. The zero-order chi connectivity index (χ0) is 20.5. The summed E-state index contributed by atoms with van der Waals surface area (Å²) in [5.41, 5.74) is -0.370. The first-order valence-corrected chi connectivity index (χ1v) is 10.8. The number of carbonyl (C=O) groups excluding carboxylic acids is 2. The van der Waals surface area contributed by atoms with Crippen LogP contribution in [0, 0.1) is 0 Å². The van der Waals surface area contributed by atoms with E-state index in [1.807, 2.05) is 0 Å². The number of ether oxygens (including phenoxy) is 1. The van der Waals surface area contributed by atoms with Gasteiger partial charge >= 0.3 is 0 Å². The van der Waals surface area contributed by atoms with E-state index in [0.717, 1.165) is 0 Å². The zero-order valence-electron chi connectivity index (χ0n) is 16.7. The molecular weight excluding hydrogens is 370 g/mol. The van der Waals surface area contributed by atoms with Crippen LogP contribution in [0.4, 0.5) is 0 Å². The Balaban J connectivity index is 2.18. The largest absolute Gasteiger partial charge is 0.381 e. The quantitative estimate of drug-likeness (QED) is 0.661. The van der Waals surface area contributed by atoms with Gasteiger partial charge in [-0.3, -0.25) is 9.59 Å². The van der Waals surface area contributed by atoms with Crippen molar-refractivity contribution in [2.75, 3.05) is 13.2 Å². The maximum atomic E-state index is 13.0. The van der Waals surface area contributed by atoms with Crippen LogP contribution in [0.2, 0.25) is 0 Å². The Hall–Kier alpha value is -1.54. The first kappa shape index (κ1) is 21.8. The van der Waals surface area contributed by atoms with Crippen LogP contribution >= 0.6 is 0 Å². The second-order valence-corrected chi connectivity index (χ2v) is 10.8. The molecule has 0 amide bonds. The van der Waals surface area contributed by atoms with Gasteiger partial charge in [0.2, 0.25) is 0 Å². The molecule has 0 N–H and O–H groups in total. The first-order chi connectivity index (χ1) is 12.4. The van der Waals surface area contributed by atoms with Crippen molar-refractivity contribution in [1.82, 2.24) is 5.16 Å². The summed E-state index contributed by atoms with van der Waals surface area (Å²) in [6.45, 7) is 8.95. The van der Waals surface area contributed by atoms with E-state index in [9.17, 15) is 18.0 Å². The fraction of sp³-hybridized carbons (Fsp3) is 0.737. The Kier molecular flexibility index (Phi) is 6.31. The number of ketones is 2. The molecule has 2 rings (SSSR count). The van der Waals surface area contributed by atoms with Gasteiger partial charge in [0.05, 0.1) is 22.8 Å². The predicted octanol–water partition coefficient (Wildman–Crippen LogP) is 2.42. The summed E-state index contributed by atoms with van der Waals surface area (Å²) < 4.78 is 34.9. The van der Waals surface area contributed by atoms with Gasteiger partial charge in [-0.25, -0.2) is 8.42 Å². The fourth-order valence-electron chi connectivity index (χ4n) is 3.21. The lowest BCUT2D eigenvalue weighted by Gasteiger charge is -2.30. The van der Waals surface area contributed by atoms with Crippen LogP contribution in [0.1, 0.15) is 65.3 Å². The summed E-state index contributed by atoms with van der Waals surface area (Å²) in [6.07, 6.45) is 0.987. The van der Waals surface area contributed by atoms with Crippen molar-refractivity contribution in [2.45, 2.75) is 75.7 Å². The minimum Gasteiger partial charge on any atom is -0.381 e. The normalized spacial score (nSPS) is 17.1. The van der Waals surface area contributed by atoms with Gasteiger partial charge in [-0.05, 0) is 40.5 Å². The van der Waals surface area contributed by atoms with Crippen molar-refractivity contribution in [3.63, 3.8) is 0 Å². The molecule has 27 heavy (non-hydrogen) atoms. The second-order valence-electron chi connectivity index (χ2n) is 8.05. The molecule has 0 unspecified atom stereocenters. The topological polar surface area (TPSA) is 104 Å². The van der Waals surface area contributed by atoms with Crippen molar-refractivity contribution in [3.05, 3.63) is 17.5 Å². The van der Waals surface area contributed by atoms with Crippen molar-refractivity contribution in [3.8, 4) is 0 Å². The summed E-state index contributed by atoms with van der Waals surface area (Å²) in [7, 11) is -3.67. The number of carbonyl (C=O) groups is 2. The molecule has 152 valence electrons. The summed E-state index contributed by atoms with van der Waals surface area (Å²) in [5.74, 6) is -0.172. The summed E-state index contributed by atoms with van der Waals surface area (Å²) in [4.78, 5) is 24.9. The van der Waals surface area contributed by atoms with Crippen LogP contribution in [-0.2, 0) is 36.0 Å². The highest BCUT2D eigenvalue weighted by atomic mass is 32.2. The summed E-state index contributed by atoms with van der Waals surface area (Å²) >= 11 is 0. The highest BCUT2D eigenvalue weighted by Gasteiger charge is 2.46. The molecule has 1 aliphatic rings. The Morgan fingerprint density at radius 1 is 1.15 bits per heavy atom. The molecule has 0 spiro atoms. The maximum Gasteiger partial charge on any atom is 0.165 e. The van der Waals surface area contributed by atoms with Crippen molar-refractivity contribution < 1.29 is 27.3 Å². The number of nitrogens with zero attached hydrogens (tertiary/aromatic N) is 1. The lowest BCUT2D eigenvalue weighted by Crippen LogP contribution is -2.48. The Morgan fingerprint density at radius 3 is 2.30 bits per heavy atom. The van der Waals surface area contributed by atoms with Crippen molar-refractivity contribution in [1.29, 1.82) is 0 Å². The standard InChI is InChI=1S/C19H29NO6S/c1-6-16(21)18(2,3)15-11-13(26-20-15)12-17(22)19(4,5)27(23,24)14-7-9-25-10-8-14/h11,14H,6-10,12H2,1-5H3. The average molecular weight is 400 g/mol. The van der Waals surface area contributed by atoms with E-state index in [2.05, 4.69) is 5.16 Å². The lowest BCUT2D eigenvalue weighted by molar-refractivity contribution is -0.123. The van der Waals surface area contributed by atoms with Gasteiger partial charge in [0.15, 0.2) is 15.6 Å². The van der Waals surface area contributed by atoms with Crippen molar-refractivity contribution >= 4 is 21.4 Å². The molecule has 1 fully saturated rings. The highest BCUT2D eigenvalue weighted by Crippen LogP contribution is 2.30. The molecule has 1 aliphatic heterocycles. The van der Waals surface area contributed by atoms with Crippen LogP contribution in [0.5, 0.6) is 0 Å². The molecule has 0 atom stereocenters. The van der Waals surface area contributed by atoms with Gasteiger partial charge in [0, 0.05) is 25.7 Å². The Bertz CT molecular complexity index is 800. The van der Waals surface area contributed by atoms with E-state index in [-0.39, 0.29) is 18.0 Å². The third-order valence-corrected chi connectivity index (χ3v) is 8.54. The minimum atomic E-state index is -3.67. The van der Waals surface area contributed by atoms with Crippen LogP contribution < -0.4 is 0 Å². The van der Waals surface area contributed by atoms with Crippen LogP contribution in [0.25, 0.3) is 0 Å². The monoisotopic (exact) mass is 399 g/mol. The van der Waals surface area contributed by atoms with Gasteiger partial charge in [0.25, 0.3) is 0 Å².